The Bertz CT molecular complexity index is 872. The minimum absolute atomic E-state index is 0.300. The third-order valence-electron chi connectivity index (χ3n) is 5.34. The van der Waals surface area contributed by atoms with E-state index in [9.17, 15) is 4.79 Å². The highest BCUT2D eigenvalue weighted by Gasteiger charge is 2.39. The van der Waals surface area contributed by atoms with Gasteiger partial charge in [0.05, 0.1) is 33.1 Å². The Labute approximate surface area is 169 Å². The first-order chi connectivity index (χ1) is 14.1. The summed E-state index contributed by atoms with van der Waals surface area (Å²) in [5, 5.41) is 2.86. The summed E-state index contributed by atoms with van der Waals surface area (Å²) in [6, 6.07) is 8.94. The van der Waals surface area contributed by atoms with E-state index >= 15 is 0 Å². The van der Waals surface area contributed by atoms with Crippen LogP contribution in [0.25, 0.3) is 0 Å². The number of ether oxygens (including phenoxy) is 4. The summed E-state index contributed by atoms with van der Waals surface area (Å²) in [5.41, 5.74) is 1.86. The maximum atomic E-state index is 12.8. The lowest BCUT2D eigenvalue weighted by atomic mass is 10.0. The second-order valence-electron chi connectivity index (χ2n) is 7.01. The SMILES string of the molecule is COc1ccc(NC(=O)c2cc(N3CCC4(CC3)OCCO4)ccn2)c(OC)c1. The number of hydrogen-bond acceptors (Lipinski definition) is 7. The number of aromatic nitrogens is 1. The Kier molecular flexibility index (Phi) is 5.55. The van der Waals surface area contributed by atoms with Crippen molar-refractivity contribution in [2.75, 3.05) is 50.7 Å². The Balaban J connectivity index is 1.45. The quantitative estimate of drug-likeness (QED) is 0.828. The summed E-state index contributed by atoms with van der Waals surface area (Å²) in [6.07, 6.45) is 3.27. The van der Waals surface area contributed by atoms with Crippen LogP contribution in [0.3, 0.4) is 0 Å². The summed E-state index contributed by atoms with van der Waals surface area (Å²) in [6.45, 7) is 2.93. The van der Waals surface area contributed by atoms with E-state index in [4.69, 9.17) is 18.9 Å². The molecule has 2 aliphatic rings. The van der Waals surface area contributed by atoms with E-state index in [0.29, 0.717) is 36.1 Å². The van der Waals surface area contributed by atoms with Crippen LogP contribution in [-0.4, -0.2) is 57.2 Å². The van der Waals surface area contributed by atoms with Crippen LogP contribution < -0.4 is 19.7 Å². The Hall–Kier alpha value is -2.84. The van der Waals surface area contributed by atoms with Gasteiger partial charge in [0.1, 0.15) is 17.2 Å². The molecule has 3 heterocycles. The molecule has 0 bridgehead atoms. The summed E-state index contributed by atoms with van der Waals surface area (Å²) in [4.78, 5) is 19.2. The number of carbonyl (C=O) groups excluding carboxylic acids is 1. The number of hydrogen-bond donors (Lipinski definition) is 1. The molecular formula is C21H25N3O5. The molecule has 1 amide bonds. The largest absolute Gasteiger partial charge is 0.497 e. The van der Waals surface area contributed by atoms with Crippen LogP contribution in [0, 0.1) is 0 Å². The van der Waals surface area contributed by atoms with Crippen molar-refractivity contribution in [3.8, 4) is 11.5 Å². The molecule has 0 unspecified atom stereocenters. The smallest absolute Gasteiger partial charge is 0.274 e. The summed E-state index contributed by atoms with van der Waals surface area (Å²) >= 11 is 0. The van der Waals surface area contributed by atoms with Crippen molar-refractivity contribution in [3.63, 3.8) is 0 Å². The van der Waals surface area contributed by atoms with Gasteiger partial charge in [-0.3, -0.25) is 9.78 Å². The molecule has 8 nitrogen and oxygen atoms in total. The normalized spacial score (nSPS) is 17.9. The maximum Gasteiger partial charge on any atom is 0.274 e. The number of benzene rings is 1. The van der Waals surface area contributed by atoms with Crippen LogP contribution in [0.1, 0.15) is 23.3 Å². The second-order valence-corrected chi connectivity index (χ2v) is 7.01. The lowest BCUT2D eigenvalue weighted by molar-refractivity contribution is -0.169. The molecule has 2 saturated heterocycles. The first kappa shape index (κ1) is 19.5. The standard InChI is InChI=1S/C21H25N3O5/c1-26-16-3-4-17(19(14-16)27-2)23-20(25)18-13-15(5-8-22-18)24-9-6-21(7-10-24)28-11-12-29-21/h3-5,8,13-14H,6-7,9-12H2,1-2H3,(H,23,25). The van der Waals surface area contributed by atoms with Gasteiger partial charge >= 0.3 is 0 Å². The van der Waals surface area contributed by atoms with Crippen LogP contribution in [-0.2, 0) is 9.47 Å². The van der Waals surface area contributed by atoms with Crippen molar-refractivity contribution in [2.45, 2.75) is 18.6 Å². The number of anilines is 2. The molecule has 1 aromatic heterocycles. The van der Waals surface area contributed by atoms with E-state index in [1.165, 1.54) is 0 Å². The molecule has 0 saturated carbocycles. The molecule has 0 radical (unpaired) electrons. The maximum absolute atomic E-state index is 12.8. The third kappa shape index (κ3) is 4.13. The molecule has 4 rings (SSSR count). The van der Waals surface area contributed by atoms with Crippen molar-refractivity contribution < 1.29 is 23.7 Å². The number of piperidine rings is 1. The molecule has 154 valence electrons. The van der Waals surface area contributed by atoms with Crippen molar-refractivity contribution in [1.29, 1.82) is 0 Å². The van der Waals surface area contributed by atoms with Crippen molar-refractivity contribution >= 4 is 17.3 Å². The van der Waals surface area contributed by atoms with Crippen LogP contribution in [0.5, 0.6) is 11.5 Å². The van der Waals surface area contributed by atoms with Crippen LogP contribution in [0.4, 0.5) is 11.4 Å². The van der Waals surface area contributed by atoms with Crippen molar-refractivity contribution in [3.05, 3.63) is 42.2 Å². The number of pyridine rings is 1. The van der Waals surface area contributed by atoms with Gasteiger partial charge in [-0.1, -0.05) is 0 Å². The minimum atomic E-state index is -0.422. The average Bonchev–Trinajstić information content (AvgIpc) is 3.22. The van der Waals surface area contributed by atoms with Crippen molar-refractivity contribution in [2.24, 2.45) is 0 Å². The van der Waals surface area contributed by atoms with Crippen molar-refractivity contribution in [1.82, 2.24) is 4.98 Å². The van der Waals surface area contributed by atoms with Gasteiger partial charge in [-0.05, 0) is 24.3 Å². The predicted octanol–water partition coefficient (Wildman–Crippen LogP) is 2.69. The lowest BCUT2D eigenvalue weighted by Gasteiger charge is -2.38. The highest BCUT2D eigenvalue weighted by atomic mass is 16.7. The van der Waals surface area contributed by atoms with Gasteiger partial charge in [-0.25, -0.2) is 0 Å². The van der Waals surface area contributed by atoms with Gasteiger partial charge in [-0.15, -0.1) is 0 Å². The van der Waals surface area contributed by atoms with Crippen LogP contribution in [0.15, 0.2) is 36.5 Å². The van der Waals surface area contributed by atoms with Gasteiger partial charge in [0.2, 0.25) is 0 Å². The third-order valence-corrected chi connectivity index (χ3v) is 5.34. The Morgan fingerprint density at radius 3 is 2.55 bits per heavy atom. The second kappa shape index (κ2) is 8.26. The Morgan fingerprint density at radius 2 is 1.86 bits per heavy atom. The van der Waals surface area contributed by atoms with E-state index in [-0.39, 0.29) is 5.91 Å². The highest BCUT2D eigenvalue weighted by Crippen LogP contribution is 2.33. The van der Waals surface area contributed by atoms with Gasteiger partial charge in [0.15, 0.2) is 5.79 Å². The van der Waals surface area contributed by atoms with E-state index in [0.717, 1.165) is 31.6 Å². The fourth-order valence-corrected chi connectivity index (χ4v) is 3.72. The van der Waals surface area contributed by atoms with Crippen LogP contribution >= 0.6 is 0 Å². The molecule has 8 heteroatoms. The molecule has 1 spiro atoms. The minimum Gasteiger partial charge on any atom is -0.497 e. The fraction of sp³-hybridized carbons (Fsp3) is 0.429. The van der Waals surface area contributed by atoms with Gasteiger partial charge < -0.3 is 29.2 Å². The molecule has 2 aliphatic heterocycles. The van der Waals surface area contributed by atoms with Gasteiger partial charge in [-0.2, -0.15) is 0 Å². The number of nitrogens with one attached hydrogen (secondary N) is 1. The Morgan fingerprint density at radius 1 is 1.10 bits per heavy atom. The van der Waals surface area contributed by atoms with E-state index < -0.39 is 5.79 Å². The number of carbonyl (C=O) groups is 1. The summed E-state index contributed by atoms with van der Waals surface area (Å²) in [5.74, 6) is 0.449. The molecule has 1 aromatic carbocycles. The number of amides is 1. The number of nitrogens with zero attached hydrogens (tertiary/aromatic N) is 2. The summed E-state index contributed by atoms with van der Waals surface area (Å²) < 4.78 is 22.1. The molecule has 0 atom stereocenters. The van der Waals surface area contributed by atoms with E-state index in [1.54, 1.807) is 44.7 Å². The molecular weight excluding hydrogens is 374 g/mol. The zero-order chi connectivity index (χ0) is 20.3. The lowest BCUT2D eigenvalue weighted by Crippen LogP contribution is -2.45. The van der Waals surface area contributed by atoms with Gasteiger partial charge in [0, 0.05) is 43.9 Å². The first-order valence-corrected chi connectivity index (χ1v) is 9.65. The monoisotopic (exact) mass is 399 g/mol. The van der Waals surface area contributed by atoms with Gasteiger partial charge in [0.25, 0.3) is 5.91 Å². The number of rotatable bonds is 5. The molecule has 29 heavy (non-hydrogen) atoms. The molecule has 0 aliphatic carbocycles. The van der Waals surface area contributed by atoms with E-state index in [1.807, 2.05) is 6.07 Å². The summed E-state index contributed by atoms with van der Waals surface area (Å²) in [7, 11) is 3.13. The van der Waals surface area contributed by atoms with Crippen LogP contribution in [0.2, 0.25) is 0 Å². The topological polar surface area (TPSA) is 82.2 Å². The van der Waals surface area contributed by atoms with E-state index in [2.05, 4.69) is 15.2 Å². The molecule has 2 aromatic rings. The molecule has 2 fully saturated rings. The number of methoxy groups -OCH3 is 2. The first-order valence-electron chi connectivity index (χ1n) is 9.65. The zero-order valence-electron chi connectivity index (χ0n) is 16.6. The molecule has 1 N–H and O–H groups in total. The fourth-order valence-electron chi connectivity index (χ4n) is 3.72. The highest BCUT2D eigenvalue weighted by molar-refractivity contribution is 6.04. The zero-order valence-corrected chi connectivity index (χ0v) is 16.6. The average molecular weight is 399 g/mol. The predicted molar refractivity (Wildman–Crippen MR) is 108 cm³/mol.